The second kappa shape index (κ2) is 8.98. The summed E-state index contributed by atoms with van der Waals surface area (Å²) in [6.07, 6.45) is 3.62. The molecule has 32 heavy (non-hydrogen) atoms. The Balaban J connectivity index is 1.87. The Bertz CT molecular complexity index is 1220. The van der Waals surface area contributed by atoms with Crippen molar-refractivity contribution in [2.24, 2.45) is 0 Å². The molecule has 0 saturated carbocycles. The van der Waals surface area contributed by atoms with Gasteiger partial charge < -0.3 is 18.8 Å². The van der Waals surface area contributed by atoms with Crippen LogP contribution >= 0.6 is 0 Å². The van der Waals surface area contributed by atoms with E-state index in [1.807, 2.05) is 41.1 Å². The van der Waals surface area contributed by atoms with E-state index in [1.54, 1.807) is 30.5 Å². The zero-order valence-electron chi connectivity index (χ0n) is 18.0. The van der Waals surface area contributed by atoms with Crippen LogP contribution in [0.4, 0.5) is 4.39 Å². The Morgan fingerprint density at radius 2 is 1.44 bits per heavy atom. The van der Waals surface area contributed by atoms with Crippen LogP contribution in [-0.4, -0.2) is 31.7 Å². The zero-order chi connectivity index (χ0) is 22.7. The van der Waals surface area contributed by atoms with Gasteiger partial charge >= 0.3 is 0 Å². The Labute approximate surface area is 185 Å². The van der Waals surface area contributed by atoms with Crippen molar-refractivity contribution in [2.75, 3.05) is 21.3 Å². The maximum absolute atomic E-state index is 13.6. The molecule has 0 unspecified atom stereocenters. The molecule has 0 fully saturated rings. The molecule has 0 bridgehead atoms. The van der Waals surface area contributed by atoms with Gasteiger partial charge in [-0.3, -0.25) is 4.79 Å². The van der Waals surface area contributed by atoms with E-state index in [-0.39, 0.29) is 11.6 Å². The molecule has 0 aliphatic heterocycles. The summed E-state index contributed by atoms with van der Waals surface area (Å²) in [6, 6.07) is 19.0. The van der Waals surface area contributed by atoms with E-state index < -0.39 is 0 Å². The number of halogens is 1. The summed E-state index contributed by atoms with van der Waals surface area (Å²) in [6.45, 7) is 0. The van der Waals surface area contributed by atoms with Gasteiger partial charge in [0.15, 0.2) is 17.3 Å². The molecule has 5 nitrogen and oxygen atoms in total. The summed E-state index contributed by atoms with van der Waals surface area (Å²) in [4.78, 5) is 13.6. The molecule has 1 aromatic heterocycles. The standard InChI is InChI=1S/C26H22FNO4/c1-30-23-13-18(14-24(31-2)26(23)32-3)25(29)22-16-28(20-11-9-19(27)10-12-20)15-21(22)17-7-5-4-6-8-17/h4-16H,1-3H3. The van der Waals surface area contributed by atoms with Crippen molar-refractivity contribution in [3.63, 3.8) is 0 Å². The topological polar surface area (TPSA) is 49.7 Å². The van der Waals surface area contributed by atoms with Crippen LogP contribution in [0, 0.1) is 5.82 Å². The van der Waals surface area contributed by atoms with Gasteiger partial charge in [-0.05, 0) is 42.0 Å². The van der Waals surface area contributed by atoms with Crippen LogP contribution in [0.25, 0.3) is 16.8 Å². The molecular formula is C26H22FNO4. The third-order valence-electron chi connectivity index (χ3n) is 5.21. The van der Waals surface area contributed by atoms with Gasteiger partial charge in [-0.15, -0.1) is 0 Å². The Morgan fingerprint density at radius 1 is 0.812 bits per heavy atom. The van der Waals surface area contributed by atoms with E-state index >= 15 is 0 Å². The summed E-state index contributed by atoms with van der Waals surface area (Å²) >= 11 is 0. The van der Waals surface area contributed by atoms with Crippen molar-refractivity contribution < 1.29 is 23.4 Å². The number of benzene rings is 3. The minimum absolute atomic E-state index is 0.205. The molecule has 0 N–H and O–H groups in total. The number of nitrogens with zero attached hydrogens (tertiary/aromatic N) is 1. The number of hydrogen-bond acceptors (Lipinski definition) is 4. The lowest BCUT2D eigenvalue weighted by molar-refractivity contribution is 0.103. The van der Waals surface area contributed by atoms with Gasteiger partial charge in [0.2, 0.25) is 5.75 Å². The lowest BCUT2D eigenvalue weighted by Gasteiger charge is -2.14. The van der Waals surface area contributed by atoms with Gasteiger partial charge in [0, 0.05) is 34.8 Å². The minimum Gasteiger partial charge on any atom is -0.493 e. The maximum atomic E-state index is 13.6. The lowest BCUT2D eigenvalue weighted by Crippen LogP contribution is -2.04. The molecular weight excluding hydrogens is 409 g/mol. The predicted octanol–water partition coefficient (Wildman–Crippen LogP) is 5.54. The largest absolute Gasteiger partial charge is 0.493 e. The highest BCUT2D eigenvalue weighted by Gasteiger charge is 2.22. The van der Waals surface area contributed by atoms with Crippen molar-refractivity contribution in [3.8, 4) is 34.1 Å². The molecule has 162 valence electrons. The first-order valence-corrected chi connectivity index (χ1v) is 9.93. The number of carbonyl (C=O) groups is 1. The number of ketones is 1. The summed E-state index contributed by atoms with van der Waals surface area (Å²) < 4.78 is 31.4. The fourth-order valence-corrected chi connectivity index (χ4v) is 3.61. The summed E-state index contributed by atoms with van der Waals surface area (Å²) in [5.41, 5.74) is 3.29. The summed E-state index contributed by atoms with van der Waals surface area (Å²) in [7, 11) is 4.52. The zero-order valence-corrected chi connectivity index (χ0v) is 18.0. The molecule has 4 rings (SSSR count). The molecule has 0 atom stereocenters. The van der Waals surface area contributed by atoms with Crippen LogP contribution in [0.3, 0.4) is 0 Å². The van der Waals surface area contributed by atoms with Crippen molar-refractivity contribution >= 4 is 5.78 Å². The van der Waals surface area contributed by atoms with Crippen LogP contribution in [0.15, 0.2) is 79.1 Å². The molecule has 0 spiro atoms. The van der Waals surface area contributed by atoms with Crippen LogP contribution in [0.1, 0.15) is 15.9 Å². The molecule has 4 aromatic rings. The Hall–Kier alpha value is -4.06. The minimum atomic E-state index is -0.321. The highest BCUT2D eigenvalue weighted by molar-refractivity contribution is 6.13. The van der Waals surface area contributed by atoms with E-state index in [4.69, 9.17) is 14.2 Å². The van der Waals surface area contributed by atoms with E-state index in [0.717, 1.165) is 16.8 Å². The Morgan fingerprint density at radius 3 is 2.00 bits per heavy atom. The van der Waals surface area contributed by atoms with Gasteiger partial charge in [0.25, 0.3) is 0 Å². The predicted molar refractivity (Wildman–Crippen MR) is 121 cm³/mol. The third-order valence-corrected chi connectivity index (χ3v) is 5.21. The number of carbonyl (C=O) groups excluding carboxylic acids is 1. The third kappa shape index (κ3) is 3.95. The average molecular weight is 431 g/mol. The van der Waals surface area contributed by atoms with Crippen molar-refractivity contribution in [3.05, 3.63) is 96.1 Å². The molecule has 6 heteroatoms. The molecule has 0 saturated heterocycles. The van der Waals surface area contributed by atoms with Gasteiger partial charge in [-0.2, -0.15) is 0 Å². The number of ether oxygens (including phenoxy) is 3. The summed E-state index contributed by atoms with van der Waals surface area (Å²) in [5, 5.41) is 0. The molecule has 0 amide bonds. The second-order valence-corrected chi connectivity index (χ2v) is 7.08. The molecule has 0 aliphatic carbocycles. The second-order valence-electron chi connectivity index (χ2n) is 7.08. The number of hydrogen-bond donors (Lipinski definition) is 0. The van der Waals surface area contributed by atoms with E-state index in [0.29, 0.717) is 28.4 Å². The first kappa shape index (κ1) is 21.2. The van der Waals surface area contributed by atoms with Gasteiger partial charge in [0.1, 0.15) is 5.82 Å². The van der Waals surface area contributed by atoms with E-state index in [1.165, 1.54) is 33.5 Å². The summed E-state index contributed by atoms with van der Waals surface area (Å²) in [5.74, 6) is 0.685. The lowest BCUT2D eigenvalue weighted by atomic mass is 9.97. The van der Waals surface area contributed by atoms with E-state index in [9.17, 15) is 9.18 Å². The smallest absolute Gasteiger partial charge is 0.203 e. The number of rotatable bonds is 7. The number of aromatic nitrogens is 1. The van der Waals surface area contributed by atoms with Crippen molar-refractivity contribution in [2.45, 2.75) is 0 Å². The highest BCUT2D eigenvalue weighted by atomic mass is 19.1. The fourth-order valence-electron chi connectivity index (χ4n) is 3.61. The molecule has 1 heterocycles. The van der Waals surface area contributed by atoms with E-state index in [2.05, 4.69) is 0 Å². The molecule has 0 aliphatic rings. The normalized spacial score (nSPS) is 10.6. The van der Waals surface area contributed by atoms with Gasteiger partial charge in [0.05, 0.1) is 21.3 Å². The molecule has 0 radical (unpaired) electrons. The van der Waals surface area contributed by atoms with Crippen molar-refractivity contribution in [1.29, 1.82) is 0 Å². The van der Waals surface area contributed by atoms with Crippen LogP contribution in [0.5, 0.6) is 17.2 Å². The Kier molecular flexibility index (Phi) is 5.94. The van der Waals surface area contributed by atoms with Crippen LogP contribution in [-0.2, 0) is 0 Å². The van der Waals surface area contributed by atoms with Gasteiger partial charge in [-0.25, -0.2) is 4.39 Å². The maximum Gasteiger partial charge on any atom is 0.203 e. The quantitative estimate of drug-likeness (QED) is 0.361. The fraction of sp³-hybridized carbons (Fsp3) is 0.115. The SMILES string of the molecule is COc1cc(C(=O)c2cn(-c3ccc(F)cc3)cc2-c2ccccc2)cc(OC)c1OC. The molecule has 3 aromatic carbocycles. The van der Waals surface area contributed by atoms with Crippen LogP contribution in [0.2, 0.25) is 0 Å². The van der Waals surface area contributed by atoms with Crippen molar-refractivity contribution in [1.82, 2.24) is 4.57 Å². The monoisotopic (exact) mass is 431 g/mol. The first-order chi connectivity index (χ1) is 15.5. The van der Waals surface area contributed by atoms with Crippen LogP contribution < -0.4 is 14.2 Å². The first-order valence-electron chi connectivity index (χ1n) is 9.93. The number of methoxy groups -OCH3 is 3. The highest BCUT2D eigenvalue weighted by Crippen LogP contribution is 2.39. The van der Waals surface area contributed by atoms with Gasteiger partial charge in [-0.1, -0.05) is 30.3 Å². The average Bonchev–Trinajstić information content (AvgIpc) is 3.29.